The summed E-state index contributed by atoms with van der Waals surface area (Å²) in [6.45, 7) is 5.43. The van der Waals surface area contributed by atoms with Crippen LogP contribution in [0.2, 0.25) is 0 Å². The van der Waals surface area contributed by atoms with Gasteiger partial charge in [-0.2, -0.15) is 0 Å². The smallest absolute Gasteiger partial charge is 0.257 e. The summed E-state index contributed by atoms with van der Waals surface area (Å²) < 4.78 is 19.5. The number of anilines is 1. The third kappa shape index (κ3) is 6.21. The lowest BCUT2D eigenvalue weighted by molar-refractivity contribution is -0.123. The highest BCUT2D eigenvalue weighted by atomic mass is 79.9. The van der Waals surface area contributed by atoms with Gasteiger partial charge in [-0.05, 0) is 43.3 Å². The van der Waals surface area contributed by atoms with Crippen LogP contribution < -0.4 is 15.0 Å². The summed E-state index contributed by atoms with van der Waals surface area (Å²) in [6, 6.07) is 15.0. The SMILES string of the molecule is O=C(COc1ccc(Br)cc1F)NCCCN1CCN(c2ccccc2)CC1. The van der Waals surface area contributed by atoms with E-state index in [2.05, 4.69) is 55.3 Å². The quantitative estimate of drug-likeness (QED) is 0.628. The summed E-state index contributed by atoms with van der Waals surface area (Å²) in [5, 5.41) is 2.83. The maximum Gasteiger partial charge on any atom is 0.257 e. The van der Waals surface area contributed by atoms with Gasteiger partial charge < -0.3 is 15.0 Å². The van der Waals surface area contributed by atoms with Crippen molar-refractivity contribution in [3.63, 3.8) is 0 Å². The fourth-order valence-electron chi connectivity index (χ4n) is 3.19. The van der Waals surface area contributed by atoms with Gasteiger partial charge in [-0.15, -0.1) is 0 Å². The minimum atomic E-state index is -0.489. The Labute approximate surface area is 173 Å². The molecule has 1 amide bonds. The molecule has 1 aliphatic heterocycles. The number of para-hydroxylation sites is 1. The molecule has 28 heavy (non-hydrogen) atoms. The van der Waals surface area contributed by atoms with Crippen molar-refractivity contribution in [2.75, 3.05) is 50.8 Å². The van der Waals surface area contributed by atoms with Gasteiger partial charge in [-0.3, -0.25) is 9.69 Å². The molecule has 0 saturated carbocycles. The zero-order chi connectivity index (χ0) is 19.8. The van der Waals surface area contributed by atoms with E-state index in [1.54, 1.807) is 6.07 Å². The van der Waals surface area contributed by atoms with Gasteiger partial charge in [0, 0.05) is 42.9 Å². The van der Waals surface area contributed by atoms with E-state index in [0.29, 0.717) is 11.0 Å². The molecule has 150 valence electrons. The molecular formula is C21H25BrFN3O2. The normalized spacial score (nSPS) is 14.7. The second-order valence-corrected chi connectivity index (χ2v) is 7.65. The van der Waals surface area contributed by atoms with Crippen molar-refractivity contribution < 1.29 is 13.9 Å². The zero-order valence-corrected chi connectivity index (χ0v) is 17.3. The van der Waals surface area contributed by atoms with E-state index in [1.807, 2.05) is 6.07 Å². The van der Waals surface area contributed by atoms with E-state index in [-0.39, 0.29) is 18.3 Å². The average Bonchev–Trinajstić information content (AvgIpc) is 2.72. The molecule has 2 aromatic carbocycles. The van der Waals surface area contributed by atoms with Crippen LogP contribution in [0.4, 0.5) is 10.1 Å². The first-order valence-corrected chi connectivity index (χ1v) is 10.3. The monoisotopic (exact) mass is 449 g/mol. The number of piperazine rings is 1. The third-order valence-electron chi connectivity index (χ3n) is 4.72. The number of carbonyl (C=O) groups excluding carboxylic acids is 1. The highest BCUT2D eigenvalue weighted by molar-refractivity contribution is 9.10. The van der Waals surface area contributed by atoms with Crippen molar-refractivity contribution in [2.24, 2.45) is 0 Å². The summed E-state index contributed by atoms with van der Waals surface area (Å²) in [6.07, 6.45) is 0.879. The fraction of sp³-hybridized carbons (Fsp3) is 0.381. The van der Waals surface area contributed by atoms with E-state index in [1.165, 1.54) is 17.8 Å². The van der Waals surface area contributed by atoms with E-state index in [0.717, 1.165) is 39.1 Å². The van der Waals surface area contributed by atoms with Crippen molar-refractivity contribution in [2.45, 2.75) is 6.42 Å². The second-order valence-electron chi connectivity index (χ2n) is 6.73. The molecule has 0 unspecified atom stereocenters. The molecule has 0 spiro atoms. The summed E-state index contributed by atoms with van der Waals surface area (Å²) in [5.74, 6) is -0.650. The molecule has 0 aromatic heterocycles. The van der Waals surface area contributed by atoms with Gasteiger partial charge in [-0.25, -0.2) is 4.39 Å². The maximum atomic E-state index is 13.7. The molecular weight excluding hydrogens is 425 g/mol. The lowest BCUT2D eigenvalue weighted by Crippen LogP contribution is -2.47. The number of benzene rings is 2. The third-order valence-corrected chi connectivity index (χ3v) is 5.21. The van der Waals surface area contributed by atoms with Crippen LogP contribution in [0.15, 0.2) is 53.0 Å². The minimum Gasteiger partial charge on any atom is -0.481 e. The first-order chi connectivity index (χ1) is 13.6. The Morgan fingerprint density at radius 1 is 1.11 bits per heavy atom. The number of amides is 1. The molecule has 1 aliphatic rings. The standard InChI is InChI=1S/C21H25BrFN3O2/c22-17-7-8-20(19(23)15-17)28-16-21(27)24-9-4-10-25-11-13-26(14-12-25)18-5-2-1-3-6-18/h1-3,5-8,15H,4,9-14,16H2,(H,24,27). The van der Waals surface area contributed by atoms with Crippen LogP contribution in [-0.2, 0) is 4.79 Å². The molecule has 7 heteroatoms. The van der Waals surface area contributed by atoms with Gasteiger partial charge in [0.15, 0.2) is 18.2 Å². The lowest BCUT2D eigenvalue weighted by atomic mass is 10.2. The van der Waals surface area contributed by atoms with E-state index < -0.39 is 5.82 Å². The second kappa shape index (κ2) is 10.4. The summed E-state index contributed by atoms with van der Waals surface area (Å²) in [7, 11) is 0. The Hall–Kier alpha value is -2.12. The van der Waals surface area contributed by atoms with Crippen LogP contribution >= 0.6 is 15.9 Å². The van der Waals surface area contributed by atoms with Crippen molar-refractivity contribution in [3.8, 4) is 5.75 Å². The van der Waals surface area contributed by atoms with Crippen molar-refractivity contribution in [1.29, 1.82) is 0 Å². The summed E-state index contributed by atoms with van der Waals surface area (Å²) >= 11 is 3.18. The van der Waals surface area contributed by atoms with Crippen LogP contribution in [0.5, 0.6) is 5.75 Å². The van der Waals surface area contributed by atoms with Crippen LogP contribution in [0.1, 0.15) is 6.42 Å². The number of rotatable bonds is 8. The van der Waals surface area contributed by atoms with E-state index >= 15 is 0 Å². The van der Waals surface area contributed by atoms with Gasteiger partial charge in [-0.1, -0.05) is 34.1 Å². The molecule has 1 heterocycles. The Morgan fingerprint density at radius 2 is 1.86 bits per heavy atom. The van der Waals surface area contributed by atoms with Crippen molar-refractivity contribution in [3.05, 3.63) is 58.8 Å². The zero-order valence-electron chi connectivity index (χ0n) is 15.7. The minimum absolute atomic E-state index is 0.0784. The Kier molecular flexibility index (Phi) is 7.68. The summed E-state index contributed by atoms with van der Waals surface area (Å²) in [4.78, 5) is 16.7. The number of carbonyl (C=O) groups is 1. The molecule has 0 bridgehead atoms. The highest BCUT2D eigenvalue weighted by Gasteiger charge is 2.16. The maximum absolute atomic E-state index is 13.7. The van der Waals surface area contributed by atoms with Gasteiger partial charge in [0.25, 0.3) is 5.91 Å². The predicted molar refractivity (Wildman–Crippen MR) is 112 cm³/mol. The van der Waals surface area contributed by atoms with Gasteiger partial charge >= 0.3 is 0 Å². The lowest BCUT2D eigenvalue weighted by Gasteiger charge is -2.36. The van der Waals surface area contributed by atoms with E-state index in [4.69, 9.17) is 4.74 Å². The first-order valence-electron chi connectivity index (χ1n) is 9.49. The Bertz CT molecular complexity index is 768. The molecule has 1 fully saturated rings. The molecule has 0 atom stereocenters. The van der Waals surface area contributed by atoms with E-state index in [9.17, 15) is 9.18 Å². The number of ether oxygens (including phenoxy) is 1. The average molecular weight is 450 g/mol. The summed E-state index contributed by atoms with van der Waals surface area (Å²) in [5.41, 5.74) is 1.27. The molecule has 5 nitrogen and oxygen atoms in total. The molecule has 1 saturated heterocycles. The van der Waals surface area contributed by atoms with Crippen LogP contribution in [0, 0.1) is 5.82 Å². The molecule has 0 radical (unpaired) electrons. The number of hydrogen-bond acceptors (Lipinski definition) is 4. The molecule has 1 N–H and O–H groups in total. The predicted octanol–water partition coefficient (Wildman–Crippen LogP) is 3.30. The number of nitrogens with one attached hydrogen (secondary N) is 1. The van der Waals surface area contributed by atoms with Gasteiger partial charge in [0.1, 0.15) is 0 Å². The van der Waals surface area contributed by atoms with Crippen molar-refractivity contribution >= 4 is 27.5 Å². The largest absolute Gasteiger partial charge is 0.481 e. The van der Waals surface area contributed by atoms with Gasteiger partial charge in [0.05, 0.1) is 0 Å². The Balaban J connectivity index is 1.28. The molecule has 0 aliphatic carbocycles. The van der Waals surface area contributed by atoms with Crippen LogP contribution in [0.3, 0.4) is 0 Å². The van der Waals surface area contributed by atoms with Crippen molar-refractivity contribution in [1.82, 2.24) is 10.2 Å². The van der Waals surface area contributed by atoms with Crippen LogP contribution in [-0.4, -0.2) is 56.7 Å². The molecule has 3 rings (SSSR count). The molecule has 2 aromatic rings. The van der Waals surface area contributed by atoms with Crippen LogP contribution in [0.25, 0.3) is 0 Å². The topological polar surface area (TPSA) is 44.8 Å². The highest BCUT2D eigenvalue weighted by Crippen LogP contribution is 2.21. The number of nitrogens with zero attached hydrogens (tertiary/aromatic N) is 2. The Morgan fingerprint density at radius 3 is 2.57 bits per heavy atom. The van der Waals surface area contributed by atoms with Gasteiger partial charge in [0.2, 0.25) is 0 Å². The number of halogens is 2. The first kappa shape index (κ1) is 20.6. The fourth-order valence-corrected chi connectivity index (χ4v) is 3.52. The number of hydrogen-bond donors (Lipinski definition) is 1.